The van der Waals surface area contributed by atoms with E-state index in [9.17, 15) is 9.59 Å². The van der Waals surface area contributed by atoms with Crippen molar-refractivity contribution in [1.29, 1.82) is 0 Å². The summed E-state index contributed by atoms with van der Waals surface area (Å²) in [5.41, 5.74) is 7.38. The average molecular weight is 415 g/mol. The topological polar surface area (TPSA) is 49.4 Å². The van der Waals surface area contributed by atoms with Crippen LogP contribution in [-0.4, -0.2) is 30.3 Å². The quantitative estimate of drug-likeness (QED) is 0.505. The van der Waals surface area contributed by atoms with Crippen LogP contribution < -0.4 is 5.32 Å². The van der Waals surface area contributed by atoms with Crippen molar-refractivity contribution in [3.8, 4) is 22.3 Å². The maximum atomic E-state index is 13.1. The number of amides is 2. The molecule has 0 fully saturated rings. The highest BCUT2D eigenvalue weighted by molar-refractivity contribution is 5.97. The molecular formula is C27H30N2O2. The van der Waals surface area contributed by atoms with E-state index in [-0.39, 0.29) is 11.8 Å². The molecule has 3 aromatic carbocycles. The molecule has 0 bridgehead atoms. The second-order valence-corrected chi connectivity index (χ2v) is 8.38. The highest BCUT2D eigenvalue weighted by Gasteiger charge is 2.26. The van der Waals surface area contributed by atoms with Gasteiger partial charge in [0.2, 0.25) is 12.3 Å². The fourth-order valence-corrected chi connectivity index (χ4v) is 4.04. The standard InChI is InChI=1S/C27H30N2O2/c1-18(2)26(29(5)17-30)27(31)28-23-15-21(24-12-8-6-10-19(24)3)14-22(16-23)25-13-9-7-11-20(25)4/h6-18,26H,1-5H3,(H,28,31)/t26-/m0/s1. The summed E-state index contributed by atoms with van der Waals surface area (Å²) < 4.78 is 0. The number of nitrogens with one attached hydrogen (secondary N) is 1. The minimum absolute atomic E-state index is 0.00871. The minimum Gasteiger partial charge on any atom is -0.336 e. The molecule has 0 aliphatic carbocycles. The number of hydrogen-bond donors (Lipinski definition) is 1. The fourth-order valence-electron chi connectivity index (χ4n) is 4.04. The van der Waals surface area contributed by atoms with E-state index in [0.717, 1.165) is 22.3 Å². The fraction of sp³-hybridized carbons (Fsp3) is 0.259. The number of rotatable bonds is 7. The van der Waals surface area contributed by atoms with Gasteiger partial charge in [-0.2, -0.15) is 0 Å². The zero-order valence-electron chi connectivity index (χ0n) is 18.8. The number of anilines is 1. The summed E-state index contributed by atoms with van der Waals surface area (Å²) in [6.45, 7) is 8.04. The van der Waals surface area contributed by atoms with E-state index in [1.807, 2.05) is 50.2 Å². The van der Waals surface area contributed by atoms with Gasteiger partial charge in [0, 0.05) is 12.7 Å². The van der Waals surface area contributed by atoms with E-state index in [4.69, 9.17) is 0 Å². The molecule has 2 amide bonds. The summed E-state index contributed by atoms with van der Waals surface area (Å²) in [6, 6.07) is 22.1. The molecule has 0 radical (unpaired) electrons. The van der Waals surface area contributed by atoms with Gasteiger partial charge in [-0.1, -0.05) is 62.4 Å². The highest BCUT2D eigenvalue weighted by atomic mass is 16.2. The first-order valence-electron chi connectivity index (χ1n) is 10.6. The number of benzene rings is 3. The van der Waals surface area contributed by atoms with Crippen LogP contribution in [0.25, 0.3) is 22.3 Å². The maximum absolute atomic E-state index is 13.1. The monoisotopic (exact) mass is 414 g/mol. The molecule has 31 heavy (non-hydrogen) atoms. The summed E-state index contributed by atoms with van der Waals surface area (Å²) in [6.07, 6.45) is 0.701. The van der Waals surface area contributed by atoms with Crippen molar-refractivity contribution < 1.29 is 9.59 Å². The third kappa shape index (κ3) is 5.02. The Labute approximate surface area is 184 Å². The first-order chi connectivity index (χ1) is 14.8. The summed E-state index contributed by atoms with van der Waals surface area (Å²) in [5.74, 6) is -0.201. The first kappa shape index (κ1) is 22.3. The van der Waals surface area contributed by atoms with Crippen LogP contribution in [0.2, 0.25) is 0 Å². The molecule has 0 aliphatic rings. The maximum Gasteiger partial charge on any atom is 0.247 e. The molecule has 0 aromatic heterocycles. The van der Waals surface area contributed by atoms with Crippen molar-refractivity contribution in [2.45, 2.75) is 33.7 Å². The van der Waals surface area contributed by atoms with Crippen LogP contribution in [0, 0.1) is 19.8 Å². The van der Waals surface area contributed by atoms with Crippen LogP contribution in [0.4, 0.5) is 5.69 Å². The van der Waals surface area contributed by atoms with Crippen molar-refractivity contribution in [2.24, 2.45) is 5.92 Å². The Hall–Kier alpha value is -3.40. The molecular weight excluding hydrogens is 384 g/mol. The smallest absolute Gasteiger partial charge is 0.247 e. The van der Waals surface area contributed by atoms with Gasteiger partial charge >= 0.3 is 0 Å². The lowest BCUT2D eigenvalue weighted by molar-refractivity contribution is -0.130. The molecule has 0 unspecified atom stereocenters. The van der Waals surface area contributed by atoms with Gasteiger partial charge in [-0.25, -0.2) is 0 Å². The van der Waals surface area contributed by atoms with Gasteiger partial charge in [-0.3, -0.25) is 9.59 Å². The Bertz CT molecular complexity index is 1020. The molecule has 0 heterocycles. The molecule has 4 heteroatoms. The lowest BCUT2D eigenvalue weighted by Crippen LogP contribution is -2.44. The van der Waals surface area contributed by atoms with E-state index in [1.54, 1.807) is 7.05 Å². The zero-order valence-corrected chi connectivity index (χ0v) is 18.8. The van der Waals surface area contributed by atoms with Crippen molar-refractivity contribution in [3.63, 3.8) is 0 Å². The predicted molar refractivity (Wildman–Crippen MR) is 128 cm³/mol. The van der Waals surface area contributed by atoms with Gasteiger partial charge < -0.3 is 10.2 Å². The molecule has 1 N–H and O–H groups in total. The molecule has 3 rings (SSSR count). The first-order valence-corrected chi connectivity index (χ1v) is 10.6. The van der Waals surface area contributed by atoms with Crippen LogP contribution in [-0.2, 0) is 9.59 Å². The molecule has 0 aliphatic heterocycles. The molecule has 0 saturated carbocycles. The highest BCUT2D eigenvalue weighted by Crippen LogP contribution is 2.33. The lowest BCUT2D eigenvalue weighted by Gasteiger charge is -2.27. The summed E-state index contributed by atoms with van der Waals surface area (Å²) in [5, 5.41) is 3.06. The molecule has 0 spiro atoms. The molecule has 160 valence electrons. The van der Waals surface area contributed by atoms with Crippen molar-refractivity contribution in [1.82, 2.24) is 4.90 Å². The van der Waals surface area contributed by atoms with Crippen LogP contribution in [0.5, 0.6) is 0 Å². The van der Waals surface area contributed by atoms with Gasteiger partial charge in [0.05, 0.1) is 0 Å². The Morgan fingerprint density at radius 2 is 1.35 bits per heavy atom. The number of aryl methyl sites for hydroxylation is 2. The third-order valence-electron chi connectivity index (χ3n) is 5.62. The summed E-state index contributed by atoms with van der Waals surface area (Å²) in [4.78, 5) is 25.8. The Morgan fingerprint density at radius 3 is 1.77 bits per heavy atom. The number of nitrogens with zero attached hydrogens (tertiary/aromatic N) is 1. The van der Waals surface area contributed by atoms with Crippen molar-refractivity contribution in [2.75, 3.05) is 12.4 Å². The van der Waals surface area contributed by atoms with Crippen molar-refractivity contribution >= 4 is 18.0 Å². The van der Waals surface area contributed by atoms with Crippen LogP contribution in [0.1, 0.15) is 25.0 Å². The lowest BCUT2D eigenvalue weighted by atomic mass is 9.93. The van der Waals surface area contributed by atoms with Gasteiger partial charge in [-0.05, 0) is 71.3 Å². The Balaban J connectivity index is 2.09. The average Bonchev–Trinajstić information content (AvgIpc) is 2.73. The number of likely N-dealkylation sites (N-methyl/N-ethyl adjacent to an activating group) is 1. The van der Waals surface area contributed by atoms with E-state index in [2.05, 4.69) is 49.5 Å². The van der Waals surface area contributed by atoms with E-state index in [1.165, 1.54) is 16.0 Å². The van der Waals surface area contributed by atoms with Crippen LogP contribution in [0.3, 0.4) is 0 Å². The van der Waals surface area contributed by atoms with Gasteiger partial charge in [0.1, 0.15) is 6.04 Å². The van der Waals surface area contributed by atoms with E-state index in [0.29, 0.717) is 12.1 Å². The summed E-state index contributed by atoms with van der Waals surface area (Å²) >= 11 is 0. The van der Waals surface area contributed by atoms with E-state index >= 15 is 0 Å². The Kier molecular flexibility index (Phi) is 6.91. The van der Waals surface area contributed by atoms with Crippen molar-refractivity contribution in [3.05, 3.63) is 77.9 Å². The number of hydrogen-bond acceptors (Lipinski definition) is 2. The van der Waals surface area contributed by atoms with Gasteiger partial charge in [-0.15, -0.1) is 0 Å². The third-order valence-corrected chi connectivity index (χ3v) is 5.62. The zero-order chi connectivity index (χ0) is 22.5. The number of carbonyl (C=O) groups is 2. The van der Waals surface area contributed by atoms with Crippen LogP contribution in [0.15, 0.2) is 66.7 Å². The minimum atomic E-state index is -0.540. The second-order valence-electron chi connectivity index (χ2n) is 8.38. The van der Waals surface area contributed by atoms with Gasteiger partial charge in [0.15, 0.2) is 0 Å². The SMILES string of the molecule is Cc1ccccc1-c1cc(NC(=O)[C@H](C(C)C)N(C)C=O)cc(-c2ccccc2C)c1. The van der Waals surface area contributed by atoms with Gasteiger partial charge in [0.25, 0.3) is 0 Å². The molecule has 0 saturated heterocycles. The molecule has 1 atom stereocenters. The molecule has 3 aromatic rings. The van der Waals surface area contributed by atoms with Crippen LogP contribution >= 0.6 is 0 Å². The number of carbonyl (C=O) groups excluding carboxylic acids is 2. The second kappa shape index (κ2) is 9.61. The Morgan fingerprint density at radius 1 is 0.871 bits per heavy atom. The summed E-state index contributed by atoms with van der Waals surface area (Å²) in [7, 11) is 1.64. The van der Waals surface area contributed by atoms with E-state index < -0.39 is 6.04 Å². The largest absolute Gasteiger partial charge is 0.336 e. The molecule has 4 nitrogen and oxygen atoms in total. The predicted octanol–water partition coefficient (Wildman–Crippen LogP) is 5.69. The normalized spacial score (nSPS) is 11.8.